The van der Waals surface area contributed by atoms with Gasteiger partial charge in [0.05, 0.1) is 13.0 Å². The number of nitrogens with zero attached hydrogens (tertiary/aromatic N) is 1. The highest BCUT2D eigenvalue weighted by Gasteiger charge is 2.37. The monoisotopic (exact) mass is 276 g/mol. The van der Waals surface area contributed by atoms with E-state index in [0.717, 1.165) is 0 Å². The van der Waals surface area contributed by atoms with Crippen molar-refractivity contribution in [2.45, 2.75) is 13.3 Å². The standard InChI is InChI=1S/C11H17ClN2O4/c1-7-5-14(6-8(7)10(16)18-2)11(17)13-9(15)3-4-12/h7-8H,3-6H2,1-2H3,(H,13,15,17). The Labute approximate surface area is 111 Å². The maximum atomic E-state index is 11.7. The van der Waals surface area contributed by atoms with Crippen LogP contribution in [0.25, 0.3) is 0 Å². The SMILES string of the molecule is COC(=O)C1CN(C(=O)NC(=O)CCCl)CC1C. The number of likely N-dealkylation sites (tertiary alicyclic amines) is 1. The Morgan fingerprint density at radius 1 is 1.39 bits per heavy atom. The molecule has 1 rings (SSSR count). The zero-order valence-electron chi connectivity index (χ0n) is 10.4. The number of nitrogens with one attached hydrogen (secondary N) is 1. The number of ether oxygens (including phenoxy) is 1. The second-order valence-corrected chi connectivity index (χ2v) is 4.68. The van der Waals surface area contributed by atoms with Crippen LogP contribution in [0.5, 0.6) is 0 Å². The average molecular weight is 277 g/mol. The molecular weight excluding hydrogens is 260 g/mol. The summed E-state index contributed by atoms with van der Waals surface area (Å²) in [4.78, 5) is 35.9. The van der Waals surface area contributed by atoms with Crippen LogP contribution in [0.3, 0.4) is 0 Å². The molecular formula is C11H17ClN2O4. The van der Waals surface area contributed by atoms with Gasteiger partial charge in [-0.15, -0.1) is 11.6 Å². The van der Waals surface area contributed by atoms with E-state index in [9.17, 15) is 14.4 Å². The van der Waals surface area contributed by atoms with Gasteiger partial charge in [0, 0.05) is 25.4 Å². The summed E-state index contributed by atoms with van der Waals surface area (Å²) in [6, 6.07) is -0.483. The molecule has 1 heterocycles. The van der Waals surface area contributed by atoms with Crippen molar-refractivity contribution in [3.05, 3.63) is 0 Å². The van der Waals surface area contributed by atoms with Gasteiger partial charge >= 0.3 is 12.0 Å². The van der Waals surface area contributed by atoms with E-state index in [-0.39, 0.29) is 36.7 Å². The molecule has 2 atom stereocenters. The van der Waals surface area contributed by atoms with E-state index in [1.54, 1.807) is 0 Å². The summed E-state index contributed by atoms with van der Waals surface area (Å²) in [6.45, 7) is 2.57. The average Bonchev–Trinajstić information content (AvgIpc) is 2.70. The second kappa shape index (κ2) is 6.58. The molecule has 18 heavy (non-hydrogen) atoms. The molecule has 0 aromatic heterocycles. The van der Waals surface area contributed by atoms with E-state index in [4.69, 9.17) is 11.6 Å². The molecule has 2 unspecified atom stereocenters. The smallest absolute Gasteiger partial charge is 0.324 e. The van der Waals surface area contributed by atoms with Crippen LogP contribution in [-0.4, -0.2) is 48.9 Å². The molecule has 0 bridgehead atoms. The fourth-order valence-electron chi connectivity index (χ4n) is 1.94. The van der Waals surface area contributed by atoms with Gasteiger partial charge in [-0.2, -0.15) is 0 Å². The Morgan fingerprint density at radius 2 is 2.06 bits per heavy atom. The number of carbonyl (C=O) groups is 3. The van der Waals surface area contributed by atoms with Crippen LogP contribution in [0.4, 0.5) is 4.79 Å². The van der Waals surface area contributed by atoms with Crippen molar-refractivity contribution in [1.29, 1.82) is 0 Å². The predicted octanol–water partition coefficient (Wildman–Crippen LogP) is 0.592. The summed E-state index contributed by atoms with van der Waals surface area (Å²) in [7, 11) is 1.32. The number of carbonyl (C=O) groups excluding carboxylic acids is 3. The molecule has 7 heteroatoms. The van der Waals surface area contributed by atoms with Gasteiger partial charge in [0.15, 0.2) is 0 Å². The van der Waals surface area contributed by atoms with Gasteiger partial charge < -0.3 is 9.64 Å². The molecule has 1 aliphatic rings. The summed E-state index contributed by atoms with van der Waals surface area (Å²) in [6.07, 6.45) is 0.0944. The number of rotatable bonds is 3. The number of esters is 1. The third kappa shape index (κ3) is 3.60. The molecule has 0 radical (unpaired) electrons. The van der Waals surface area contributed by atoms with Crippen LogP contribution in [-0.2, 0) is 14.3 Å². The van der Waals surface area contributed by atoms with Crippen molar-refractivity contribution in [2.24, 2.45) is 11.8 Å². The number of halogens is 1. The number of alkyl halides is 1. The highest BCUT2D eigenvalue weighted by atomic mass is 35.5. The van der Waals surface area contributed by atoms with Gasteiger partial charge in [-0.05, 0) is 5.92 Å². The summed E-state index contributed by atoms with van der Waals surface area (Å²) in [5.41, 5.74) is 0. The molecule has 0 aromatic rings. The maximum absolute atomic E-state index is 11.7. The van der Waals surface area contributed by atoms with Crippen molar-refractivity contribution in [2.75, 3.05) is 26.1 Å². The van der Waals surface area contributed by atoms with Gasteiger partial charge in [0.1, 0.15) is 0 Å². The Hall–Kier alpha value is -1.30. The lowest BCUT2D eigenvalue weighted by molar-refractivity contribution is -0.146. The first kappa shape index (κ1) is 14.8. The van der Waals surface area contributed by atoms with Crippen molar-refractivity contribution in [1.82, 2.24) is 10.2 Å². The Morgan fingerprint density at radius 3 is 2.61 bits per heavy atom. The minimum Gasteiger partial charge on any atom is -0.469 e. The van der Waals surface area contributed by atoms with Crippen LogP contribution in [0.15, 0.2) is 0 Å². The molecule has 1 fully saturated rings. The largest absolute Gasteiger partial charge is 0.469 e. The summed E-state index contributed by atoms with van der Waals surface area (Å²) < 4.78 is 4.67. The highest BCUT2D eigenvalue weighted by Crippen LogP contribution is 2.23. The van der Waals surface area contributed by atoms with E-state index in [0.29, 0.717) is 6.54 Å². The van der Waals surface area contributed by atoms with Crippen molar-refractivity contribution in [3.63, 3.8) is 0 Å². The molecule has 1 saturated heterocycles. The lowest BCUT2D eigenvalue weighted by Crippen LogP contribution is -2.42. The number of hydrogen-bond acceptors (Lipinski definition) is 4. The summed E-state index contributed by atoms with van der Waals surface area (Å²) in [5, 5.41) is 2.23. The quantitative estimate of drug-likeness (QED) is 0.605. The molecule has 1 N–H and O–H groups in total. The minimum atomic E-state index is -0.483. The molecule has 102 valence electrons. The number of imide groups is 1. The van der Waals surface area contributed by atoms with Crippen LogP contribution in [0, 0.1) is 11.8 Å². The first-order valence-corrected chi connectivity index (χ1v) is 6.25. The summed E-state index contributed by atoms with van der Waals surface area (Å²) in [5.74, 6) is -0.885. The molecule has 0 aromatic carbocycles. The maximum Gasteiger partial charge on any atom is 0.324 e. The zero-order valence-corrected chi connectivity index (χ0v) is 11.2. The van der Waals surface area contributed by atoms with Crippen molar-refractivity contribution < 1.29 is 19.1 Å². The van der Waals surface area contributed by atoms with E-state index in [1.165, 1.54) is 12.0 Å². The van der Waals surface area contributed by atoms with Crippen LogP contribution < -0.4 is 5.32 Å². The normalized spacial score (nSPS) is 22.7. The zero-order chi connectivity index (χ0) is 13.7. The Balaban J connectivity index is 2.52. The first-order valence-electron chi connectivity index (χ1n) is 5.72. The third-order valence-electron chi connectivity index (χ3n) is 2.97. The van der Waals surface area contributed by atoms with E-state index < -0.39 is 11.9 Å². The fourth-order valence-corrected chi connectivity index (χ4v) is 2.11. The van der Waals surface area contributed by atoms with Crippen LogP contribution >= 0.6 is 11.6 Å². The molecule has 3 amide bonds. The number of methoxy groups -OCH3 is 1. The minimum absolute atomic E-state index is 0.0197. The summed E-state index contributed by atoms with van der Waals surface area (Å²) >= 11 is 5.40. The Bertz CT molecular complexity index is 348. The van der Waals surface area contributed by atoms with Crippen molar-refractivity contribution in [3.8, 4) is 0 Å². The van der Waals surface area contributed by atoms with Crippen LogP contribution in [0.2, 0.25) is 0 Å². The molecule has 0 saturated carbocycles. The van der Waals surface area contributed by atoms with Crippen molar-refractivity contribution >= 4 is 29.5 Å². The van der Waals surface area contributed by atoms with Gasteiger partial charge in [-0.25, -0.2) is 4.79 Å². The molecule has 1 aliphatic heterocycles. The first-order chi connectivity index (χ1) is 8.49. The van der Waals surface area contributed by atoms with E-state index in [2.05, 4.69) is 10.1 Å². The molecule has 0 aliphatic carbocycles. The van der Waals surface area contributed by atoms with Gasteiger partial charge in [0.25, 0.3) is 0 Å². The topological polar surface area (TPSA) is 75.7 Å². The Kier molecular flexibility index (Phi) is 5.40. The third-order valence-corrected chi connectivity index (χ3v) is 3.16. The fraction of sp³-hybridized carbons (Fsp3) is 0.727. The number of hydrogen-bond donors (Lipinski definition) is 1. The van der Waals surface area contributed by atoms with E-state index >= 15 is 0 Å². The van der Waals surface area contributed by atoms with E-state index in [1.807, 2.05) is 6.92 Å². The van der Waals surface area contributed by atoms with Gasteiger partial charge in [-0.1, -0.05) is 6.92 Å². The van der Waals surface area contributed by atoms with Gasteiger partial charge in [-0.3, -0.25) is 14.9 Å². The lowest BCUT2D eigenvalue weighted by atomic mass is 9.99. The number of amides is 3. The van der Waals surface area contributed by atoms with Gasteiger partial charge in [0.2, 0.25) is 5.91 Å². The van der Waals surface area contributed by atoms with Crippen LogP contribution in [0.1, 0.15) is 13.3 Å². The highest BCUT2D eigenvalue weighted by molar-refractivity contribution is 6.19. The predicted molar refractivity (Wildman–Crippen MR) is 65.1 cm³/mol. The molecule has 6 nitrogen and oxygen atoms in total. The molecule has 0 spiro atoms. The lowest BCUT2D eigenvalue weighted by Gasteiger charge is -2.15. The number of urea groups is 1. The second-order valence-electron chi connectivity index (χ2n) is 4.30.